The van der Waals surface area contributed by atoms with Crippen molar-refractivity contribution in [1.29, 1.82) is 0 Å². The highest BCUT2D eigenvalue weighted by atomic mass is 15.1. The fraction of sp³-hybridized carbons (Fsp3) is 1.00. The summed E-state index contributed by atoms with van der Waals surface area (Å²) in [6.45, 7) is 3.52. The summed E-state index contributed by atoms with van der Waals surface area (Å²) >= 11 is 0. The van der Waals surface area contributed by atoms with Gasteiger partial charge in [-0.3, -0.25) is 0 Å². The first-order chi connectivity index (χ1) is 3.91. The molecule has 1 aliphatic heterocycles. The van der Waals surface area contributed by atoms with Crippen LogP contribution in [0.15, 0.2) is 0 Å². The van der Waals surface area contributed by atoms with E-state index in [0.29, 0.717) is 5.41 Å². The van der Waals surface area contributed by atoms with E-state index < -0.39 is 0 Å². The standard InChI is InChI=1S/C6H12N2/c1-2-6(1)3-7-5-8-4-6/h7-8H,1-5H2. The highest BCUT2D eigenvalue weighted by Gasteiger charge is 2.42. The largest absolute Gasteiger partial charge is 0.304 e. The summed E-state index contributed by atoms with van der Waals surface area (Å²) in [7, 11) is 0. The zero-order chi connectivity index (χ0) is 5.45. The average molecular weight is 112 g/mol. The van der Waals surface area contributed by atoms with Crippen molar-refractivity contribution in [1.82, 2.24) is 10.6 Å². The lowest BCUT2D eigenvalue weighted by atomic mass is 10.1. The molecule has 2 aliphatic rings. The lowest BCUT2D eigenvalue weighted by Gasteiger charge is -2.22. The molecule has 0 radical (unpaired) electrons. The first-order valence-electron chi connectivity index (χ1n) is 3.33. The van der Waals surface area contributed by atoms with Crippen LogP contribution in [0.1, 0.15) is 12.8 Å². The fourth-order valence-corrected chi connectivity index (χ4v) is 1.34. The third kappa shape index (κ3) is 0.644. The van der Waals surface area contributed by atoms with Gasteiger partial charge in [-0.1, -0.05) is 0 Å². The molecule has 1 heterocycles. The number of nitrogens with one attached hydrogen (secondary N) is 2. The van der Waals surface area contributed by atoms with Crippen LogP contribution in [0.25, 0.3) is 0 Å². The lowest BCUT2D eigenvalue weighted by Crippen LogP contribution is -2.45. The molecule has 1 spiro atoms. The summed E-state index contributed by atoms with van der Waals surface area (Å²) in [6, 6.07) is 0. The summed E-state index contributed by atoms with van der Waals surface area (Å²) in [5.41, 5.74) is 0.707. The molecule has 2 fully saturated rings. The second-order valence-electron chi connectivity index (χ2n) is 3.03. The zero-order valence-corrected chi connectivity index (χ0v) is 5.04. The van der Waals surface area contributed by atoms with Crippen LogP contribution >= 0.6 is 0 Å². The van der Waals surface area contributed by atoms with Crippen molar-refractivity contribution in [2.75, 3.05) is 19.8 Å². The predicted octanol–water partition coefficient (Wildman–Crippen LogP) is -0.0831. The Morgan fingerprint density at radius 3 is 2.00 bits per heavy atom. The van der Waals surface area contributed by atoms with Gasteiger partial charge >= 0.3 is 0 Å². The average Bonchev–Trinajstić information content (AvgIpc) is 2.52. The molecule has 2 N–H and O–H groups in total. The van der Waals surface area contributed by atoms with Gasteiger partial charge in [0.05, 0.1) is 0 Å². The van der Waals surface area contributed by atoms with Crippen LogP contribution in [0, 0.1) is 5.41 Å². The Kier molecular flexibility index (Phi) is 0.866. The molecule has 2 rings (SSSR count). The van der Waals surface area contributed by atoms with Gasteiger partial charge in [-0.2, -0.15) is 0 Å². The molecule has 46 valence electrons. The molecule has 0 aromatic heterocycles. The Labute approximate surface area is 49.7 Å². The maximum atomic E-state index is 3.33. The minimum Gasteiger partial charge on any atom is -0.304 e. The van der Waals surface area contributed by atoms with Crippen LogP contribution in [0.4, 0.5) is 0 Å². The Morgan fingerprint density at radius 2 is 1.62 bits per heavy atom. The van der Waals surface area contributed by atoms with Crippen molar-refractivity contribution in [3.63, 3.8) is 0 Å². The van der Waals surface area contributed by atoms with Crippen molar-refractivity contribution in [3.05, 3.63) is 0 Å². The monoisotopic (exact) mass is 112 g/mol. The van der Waals surface area contributed by atoms with Gasteiger partial charge in [0, 0.05) is 19.8 Å². The molecule has 2 heteroatoms. The van der Waals surface area contributed by atoms with Gasteiger partial charge in [0.25, 0.3) is 0 Å². The van der Waals surface area contributed by atoms with Crippen LogP contribution in [0.3, 0.4) is 0 Å². The van der Waals surface area contributed by atoms with Gasteiger partial charge in [-0.05, 0) is 18.3 Å². The minimum absolute atomic E-state index is 0.707. The Balaban J connectivity index is 1.95. The van der Waals surface area contributed by atoms with Crippen LogP contribution in [-0.2, 0) is 0 Å². The molecule has 1 aliphatic carbocycles. The van der Waals surface area contributed by atoms with E-state index in [2.05, 4.69) is 10.6 Å². The molecule has 8 heavy (non-hydrogen) atoms. The van der Waals surface area contributed by atoms with E-state index in [0.717, 1.165) is 6.67 Å². The molecule has 0 aromatic rings. The molecule has 0 amide bonds. The summed E-state index contributed by atoms with van der Waals surface area (Å²) in [6.07, 6.45) is 2.88. The summed E-state index contributed by atoms with van der Waals surface area (Å²) < 4.78 is 0. The molecule has 2 nitrogen and oxygen atoms in total. The maximum Gasteiger partial charge on any atom is 0.0454 e. The summed E-state index contributed by atoms with van der Waals surface area (Å²) in [4.78, 5) is 0. The molecular formula is C6H12N2. The predicted molar refractivity (Wildman–Crippen MR) is 32.5 cm³/mol. The Bertz CT molecular complexity index is 88.7. The first-order valence-corrected chi connectivity index (χ1v) is 3.33. The van der Waals surface area contributed by atoms with E-state index in [1.807, 2.05) is 0 Å². The lowest BCUT2D eigenvalue weighted by molar-refractivity contribution is 0.355. The van der Waals surface area contributed by atoms with Crippen LogP contribution in [0.2, 0.25) is 0 Å². The summed E-state index contributed by atoms with van der Waals surface area (Å²) in [5.74, 6) is 0. The van der Waals surface area contributed by atoms with Crippen molar-refractivity contribution < 1.29 is 0 Å². The van der Waals surface area contributed by atoms with E-state index in [9.17, 15) is 0 Å². The quantitative estimate of drug-likeness (QED) is 0.458. The van der Waals surface area contributed by atoms with E-state index in [-0.39, 0.29) is 0 Å². The minimum atomic E-state index is 0.707. The van der Waals surface area contributed by atoms with E-state index >= 15 is 0 Å². The molecule has 0 atom stereocenters. The van der Waals surface area contributed by atoms with Gasteiger partial charge in [-0.15, -0.1) is 0 Å². The first kappa shape index (κ1) is 4.77. The molecule has 1 saturated carbocycles. The highest BCUT2D eigenvalue weighted by Crippen LogP contribution is 2.44. The zero-order valence-electron chi connectivity index (χ0n) is 5.04. The molecule has 0 aromatic carbocycles. The third-order valence-corrected chi connectivity index (χ3v) is 2.21. The van der Waals surface area contributed by atoms with Gasteiger partial charge in [0.1, 0.15) is 0 Å². The Morgan fingerprint density at radius 1 is 1.00 bits per heavy atom. The van der Waals surface area contributed by atoms with Gasteiger partial charge in [0.15, 0.2) is 0 Å². The van der Waals surface area contributed by atoms with Crippen LogP contribution in [0.5, 0.6) is 0 Å². The number of rotatable bonds is 0. The van der Waals surface area contributed by atoms with Crippen molar-refractivity contribution in [2.45, 2.75) is 12.8 Å². The molecule has 0 bridgehead atoms. The van der Waals surface area contributed by atoms with E-state index in [1.54, 1.807) is 0 Å². The van der Waals surface area contributed by atoms with Crippen LogP contribution in [-0.4, -0.2) is 19.8 Å². The number of hydrogen-bond acceptors (Lipinski definition) is 2. The third-order valence-electron chi connectivity index (χ3n) is 2.21. The van der Waals surface area contributed by atoms with Gasteiger partial charge in [0.2, 0.25) is 0 Å². The van der Waals surface area contributed by atoms with E-state index in [4.69, 9.17) is 0 Å². The molecule has 0 unspecified atom stereocenters. The summed E-state index contributed by atoms with van der Waals surface area (Å²) in [5, 5.41) is 6.65. The van der Waals surface area contributed by atoms with Crippen molar-refractivity contribution in [3.8, 4) is 0 Å². The molecular weight excluding hydrogens is 100 g/mol. The van der Waals surface area contributed by atoms with Gasteiger partial charge in [-0.25, -0.2) is 0 Å². The second kappa shape index (κ2) is 1.45. The highest BCUT2D eigenvalue weighted by molar-refractivity contribution is 4.98. The molecule has 1 saturated heterocycles. The van der Waals surface area contributed by atoms with Crippen LogP contribution < -0.4 is 10.6 Å². The normalized spacial score (nSPS) is 33.0. The SMILES string of the molecule is C1NCC2(CC2)CN1. The van der Waals surface area contributed by atoms with Crippen molar-refractivity contribution in [2.24, 2.45) is 5.41 Å². The Hall–Kier alpha value is -0.0800. The fourth-order valence-electron chi connectivity index (χ4n) is 1.34. The maximum absolute atomic E-state index is 3.33. The topological polar surface area (TPSA) is 24.1 Å². The van der Waals surface area contributed by atoms with Gasteiger partial charge < -0.3 is 10.6 Å². The number of hydrogen-bond donors (Lipinski definition) is 2. The smallest absolute Gasteiger partial charge is 0.0454 e. The van der Waals surface area contributed by atoms with E-state index in [1.165, 1.54) is 25.9 Å². The second-order valence-corrected chi connectivity index (χ2v) is 3.03. The van der Waals surface area contributed by atoms with Crippen molar-refractivity contribution >= 4 is 0 Å².